The van der Waals surface area contributed by atoms with E-state index in [0.717, 1.165) is 36.3 Å². The van der Waals surface area contributed by atoms with Crippen molar-refractivity contribution >= 4 is 15.9 Å². The van der Waals surface area contributed by atoms with E-state index in [-0.39, 0.29) is 16.8 Å². The molecule has 3 aliphatic rings. The van der Waals surface area contributed by atoms with Gasteiger partial charge in [0.1, 0.15) is 0 Å². The summed E-state index contributed by atoms with van der Waals surface area (Å²) in [5.74, 6) is 1.37. The van der Waals surface area contributed by atoms with E-state index in [1.807, 2.05) is 23.1 Å². The summed E-state index contributed by atoms with van der Waals surface area (Å²) >= 11 is 0. The molecule has 0 bridgehead atoms. The Balaban J connectivity index is 1.34. The summed E-state index contributed by atoms with van der Waals surface area (Å²) in [5, 5.41) is 0. The van der Waals surface area contributed by atoms with Gasteiger partial charge in [-0.05, 0) is 54.8 Å². The highest BCUT2D eigenvalue weighted by molar-refractivity contribution is 7.89. The molecule has 0 spiro atoms. The molecule has 3 aliphatic heterocycles. The van der Waals surface area contributed by atoms with Gasteiger partial charge in [-0.1, -0.05) is 6.07 Å². The third-order valence-electron chi connectivity index (χ3n) is 6.38. The van der Waals surface area contributed by atoms with Gasteiger partial charge in [-0.25, -0.2) is 8.42 Å². The molecule has 176 valence electrons. The van der Waals surface area contributed by atoms with Crippen LogP contribution < -0.4 is 9.47 Å². The molecule has 2 aromatic carbocycles. The second-order valence-electron chi connectivity index (χ2n) is 8.45. The van der Waals surface area contributed by atoms with Gasteiger partial charge < -0.3 is 19.1 Å². The number of hydrogen-bond acceptors (Lipinski definition) is 6. The molecule has 2 saturated heterocycles. The van der Waals surface area contributed by atoms with Crippen LogP contribution in [0.4, 0.5) is 0 Å². The highest BCUT2D eigenvalue weighted by Crippen LogP contribution is 2.38. The Morgan fingerprint density at radius 3 is 2.33 bits per heavy atom. The van der Waals surface area contributed by atoms with Gasteiger partial charge in [0.25, 0.3) is 5.91 Å². The highest BCUT2D eigenvalue weighted by atomic mass is 32.2. The van der Waals surface area contributed by atoms with Gasteiger partial charge in [0.15, 0.2) is 11.5 Å². The molecule has 0 radical (unpaired) electrons. The van der Waals surface area contributed by atoms with Gasteiger partial charge in [-0.15, -0.1) is 0 Å². The normalized spacial score (nSPS) is 21.6. The van der Waals surface area contributed by atoms with E-state index in [9.17, 15) is 13.2 Å². The average Bonchev–Trinajstić information content (AvgIpc) is 3.23. The van der Waals surface area contributed by atoms with E-state index < -0.39 is 10.0 Å². The van der Waals surface area contributed by atoms with Crippen molar-refractivity contribution in [1.29, 1.82) is 0 Å². The summed E-state index contributed by atoms with van der Waals surface area (Å²) < 4.78 is 43.9. The lowest BCUT2D eigenvalue weighted by Gasteiger charge is -2.27. The molecule has 0 saturated carbocycles. The summed E-state index contributed by atoms with van der Waals surface area (Å²) in [6.07, 6.45) is 2.62. The Hall–Kier alpha value is -2.62. The number of rotatable bonds is 4. The predicted octanol–water partition coefficient (Wildman–Crippen LogP) is 2.85. The number of fused-ring (bicyclic) bond motifs is 1. The maximum Gasteiger partial charge on any atom is 0.254 e. The monoisotopic (exact) mass is 472 g/mol. The van der Waals surface area contributed by atoms with Crippen LogP contribution in [0, 0.1) is 0 Å². The van der Waals surface area contributed by atoms with Crippen LogP contribution in [0.2, 0.25) is 0 Å². The molecule has 33 heavy (non-hydrogen) atoms. The van der Waals surface area contributed by atoms with E-state index >= 15 is 0 Å². The lowest BCUT2D eigenvalue weighted by molar-refractivity contribution is 0.0730. The Labute approximate surface area is 194 Å². The molecule has 2 aromatic rings. The van der Waals surface area contributed by atoms with Gasteiger partial charge in [0, 0.05) is 31.6 Å². The Morgan fingerprint density at radius 1 is 0.848 bits per heavy atom. The summed E-state index contributed by atoms with van der Waals surface area (Å²) in [5.41, 5.74) is 1.51. The molecular formula is C24H28N2O6S. The summed E-state index contributed by atoms with van der Waals surface area (Å²) in [7, 11) is -3.59. The zero-order valence-electron chi connectivity index (χ0n) is 18.4. The molecular weight excluding hydrogens is 444 g/mol. The van der Waals surface area contributed by atoms with Crippen molar-refractivity contribution in [3.8, 4) is 11.5 Å². The Bertz CT molecular complexity index is 1110. The molecule has 2 fully saturated rings. The molecule has 9 heteroatoms. The maximum absolute atomic E-state index is 13.3. The van der Waals surface area contributed by atoms with Gasteiger partial charge >= 0.3 is 0 Å². The third kappa shape index (κ3) is 4.45. The number of likely N-dealkylation sites (tertiary alicyclic amines) is 1. The first-order valence-electron chi connectivity index (χ1n) is 11.4. The maximum atomic E-state index is 13.3. The number of nitrogens with zero attached hydrogens (tertiary/aromatic N) is 2. The van der Waals surface area contributed by atoms with E-state index in [2.05, 4.69) is 0 Å². The van der Waals surface area contributed by atoms with Crippen molar-refractivity contribution in [3.63, 3.8) is 0 Å². The fraction of sp³-hybridized carbons (Fsp3) is 0.458. The van der Waals surface area contributed by atoms with Crippen LogP contribution in [0.3, 0.4) is 0 Å². The molecule has 1 amide bonds. The number of carbonyl (C=O) groups is 1. The van der Waals surface area contributed by atoms with E-state index in [1.54, 1.807) is 12.1 Å². The molecule has 3 heterocycles. The van der Waals surface area contributed by atoms with Crippen LogP contribution >= 0.6 is 0 Å². The quantitative estimate of drug-likeness (QED) is 0.680. The minimum atomic E-state index is -3.59. The summed E-state index contributed by atoms with van der Waals surface area (Å²) in [4.78, 5) is 15.4. The molecule has 5 rings (SSSR count). The van der Waals surface area contributed by atoms with Crippen molar-refractivity contribution in [2.45, 2.75) is 30.2 Å². The van der Waals surface area contributed by atoms with Crippen molar-refractivity contribution in [2.24, 2.45) is 0 Å². The number of amides is 1. The lowest BCUT2D eigenvalue weighted by Crippen LogP contribution is -2.40. The van der Waals surface area contributed by atoms with Crippen molar-refractivity contribution in [3.05, 3.63) is 53.6 Å². The predicted molar refractivity (Wildman–Crippen MR) is 121 cm³/mol. The molecule has 1 atom stereocenters. The lowest BCUT2D eigenvalue weighted by atomic mass is 10.0. The average molecular weight is 473 g/mol. The number of sulfonamides is 1. The first kappa shape index (κ1) is 22.2. The minimum Gasteiger partial charge on any atom is -0.490 e. The Kier molecular flexibility index (Phi) is 6.27. The number of morpholine rings is 1. The van der Waals surface area contributed by atoms with E-state index in [0.29, 0.717) is 51.6 Å². The molecule has 0 aliphatic carbocycles. The van der Waals surface area contributed by atoms with Gasteiger partial charge in [0.2, 0.25) is 10.0 Å². The van der Waals surface area contributed by atoms with Gasteiger partial charge in [-0.2, -0.15) is 4.31 Å². The van der Waals surface area contributed by atoms with Crippen LogP contribution in [0.25, 0.3) is 0 Å². The van der Waals surface area contributed by atoms with Crippen LogP contribution in [0.15, 0.2) is 47.4 Å². The van der Waals surface area contributed by atoms with Gasteiger partial charge in [0.05, 0.1) is 37.4 Å². The Morgan fingerprint density at radius 2 is 1.58 bits per heavy atom. The second-order valence-corrected chi connectivity index (χ2v) is 10.4. The number of carbonyl (C=O) groups excluding carboxylic acids is 1. The standard InChI is InChI=1S/C24H28N2O6S/c27-24(18-4-7-20(8-5-18)33(28,29)25-11-15-30-16-12-25)26-10-1-3-21(26)19-6-9-22-23(17-19)32-14-2-13-31-22/h4-9,17,21H,1-3,10-16H2/t21-/m0/s1. The third-order valence-corrected chi connectivity index (χ3v) is 8.29. The number of ether oxygens (including phenoxy) is 3. The number of benzene rings is 2. The van der Waals surface area contributed by atoms with E-state index in [1.165, 1.54) is 16.4 Å². The van der Waals surface area contributed by atoms with Gasteiger partial charge in [-0.3, -0.25) is 4.79 Å². The molecule has 0 aromatic heterocycles. The summed E-state index contributed by atoms with van der Waals surface area (Å²) in [6, 6.07) is 12.1. The smallest absolute Gasteiger partial charge is 0.254 e. The van der Waals surface area contributed by atoms with Crippen LogP contribution in [-0.4, -0.2) is 69.6 Å². The fourth-order valence-corrected chi connectivity index (χ4v) is 6.02. The first-order chi connectivity index (χ1) is 16.0. The SMILES string of the molecule is O=C(c1ccc(S(=O)(=O)N2CCOCC2)cc1)N1CCC[C@H]1c1ccc2c(c1)OCCCO2. The molecule has 0 unspecified atom stereocenters. The van der Waals surface area contributed by atoms with Crippen molar-refractivity contribution < 1.29 is 27.4 Å². The topological polar surface area (TPSA) is 85.4 Å². The number of hydrogen-bond donors (Lipinski definition) is 0. The summed E-state index contributed by atoms with van der Waals surface area (Å²) in [6.45, 7) is 3.38. The minimum absolute atomic E-state index is 0.0496. The largest absolute Gasteiger partial charge is 0.490 e. The van der Waals surface area contributed by atoms with Crippen LogP contribution in [0.1, 0.15) is 41.2 Å². The van der Waals surface area contributed by atoms with E-state index in [4.69, 9.17) is 14.2 Å². The van der Waals surface area contributed by atoms with Crippen LogP contribution in [0.5, 0.6) is 11.5 Å². The zero-order chi connectivity index (χ0) is 22.8. The first-order valence-corrected chi connectivity index (χ1v) is 12.9. The van der Waals surface area contributed by atoms with Crippen molar-refractivity contribution in [2.75, 3.05) is 46.1 Å². The van der Waals surface area contributed by atoms with Crippen LogP contribution in [-0.2, 0) is 14.8 Å². The molecule has 8 nitrogen and oxygen atoms in total. The molecule has 0 N–H and O–H groups in total. The fourth-order valence-electron chi connectivity index (χ4n) is 4.61. The second kappa shape index (κ2) is 9.32. The van der Waals surface area contributed by atoms with Crippen molar-refractivity contribution in [1.82, 2.24) is 9.21 Å². The highest BCUT2D eigenvalue weighted by Gasteiger charge is 2.32. The zero-order valence-corrected chi connectivity index (χ0v) is 19.3.